The number of benzene rings is 1. The molecule has 2 rings (SSSR count). The summed E-state index contributed by atoms with van der Waals surface area (Å²) in [6.07, 6.45) is -0.684. The zero-order valence-corrected chi connectivity index (χ0v) is 15.3. The Morgan fingerprint density at radius 2 is 1.80 bits per heavy atom. The van der Waals surface area contributed by atoms with E-state index in [0.29, 0.717) is 11.3 Å². The maximum absolute atomic E-state index is 12.4. The van der Waals surface area contributed by atoms with Crippen LogP contribution >= 0.6 is 0 Å². The van der Waals surface area contributed by atoms with Gasteiger partial charge in [-0.25, -0.2) is 0 Å². The average Bonchev–Trinajstić information content (AvgIpc) is 2.92. The molecule has 0 aliphatic rings. The van der Waals surface area contributed by atoms with Crippen LogP contribution in [0.25, 0.3) is 0 Å². The highest BCUT2D eigenvalue weighted by molar-refractivity contribution is 6.00. The Morgan fingerprint density at radius 1 is 1.16 bits per heavy atom. The molecule has 0 spiro atoms. The molecule has 0 N–H and O–H groups in total. The molecule has 0 saturated heterocycles. The van der Waals surface area contributed by atoms with Crippen LogP contribution in [0.3, 0.4) is 0 Å². The number of hydrogen-bond donors (Lipinski definition) is 0. The van der Waals surface area contributed by atoms with Crippen LogP contribution in [0.4, 0.5) is 0 Å². The largest absolute Gasteiger partial charge is 0.497 e. The minimum absolute atomic E-state index is 0.135. The first-order chi connectivity index (χ1) is 11.8. The van der Waals surface area contributed by atoms with Gasteiger partial charge in [0.15, 0.2) is 6.10 Å². The zero-order valence-electron chi connectivity index (χ0n) is 15.3. The number of carbonyl (C=O) groups excluding carboxylic acids is 2. The van der Waals surface area contributed by atoms with E-state index in [2.05, 4.69) is 5.10 Å². The van der Waals surface area contributed by atoms with Crippen LogP contribution in [-0.2, 0) is 9.53 Å². The summed E-state index contributed by atoms with van der Waals surface area (Å²) in [5.74, 6) is 0.00379. The van der Waals surface area contributed by atoms with Crippen molar-refractivity contribution in [2.24, 2.45) is 0 Å². The standard InChI is InChI=1S/C19H24N2O4/c1-12-10-13(2)21(20-12)14(3)11-18(22)25-15(4)19(23)16-6-8-17(24-5)9-7-16/h6-10,14-15H,11H2,1-5H3/t14-,15+/m1/s1. The SMILES string of the molecule is COc1ccc(C(=O)[C@H](C)OC(=O)C[C@@H](C)n2nc(C)cc2C)cc1. The van der Waals surface area contributed by atoms with E-state index in [0.717, 1.165) is 11.4 Å². The van der Waals surface area contributed by atoms with Crippen molar-refractivity contribution in [2.75, 3.05) is 7.11 Å². The van der Waals surface area contributed by atoms with Crippen LogP contribution in [0, 0.1) is 13.8 Å². The molecule has 25 heavy (non-hydrogen) atoms. The Kier molecular flexibility index (Phi) is 5.96. The lowest BCUT2D eigenvalue weighted by Gasteiger charge is -2.16. The van der Waals surface area contributed by atoms with Crippen LogP contribution in [-0.4, -0.2) is 34.7 Å². The summed E-state index contributed by atoms with van der Waals surface area (Å²) in [7, 11) is 1.56. The van der Waals surface area contributed by atoms with E-state index in [4.69, 9.17) is 9.47 Å². The Labute approximate surface area is 147 Å². The molecule has 2 aromatic rings. The number of methoxy groups -OCH3 is 1. The number of aryl methyl sites for hydroxylation is 2. The molecule has 0 saturated carbocycles. The molecule has 1 heterocycles. The molecule has 0 aliphatic carbocycles. The van der Waals surface area contributed by atoms with Crippen molar-refractivity contribution in [3.63, 3.8) is 0 Å². The van der Waals surface area contributed by atoms with E-state index in [1.165, 1.54) is 0 Å². The van der Waals surface area contributed by atoms with Crippen molar-refractivity contribution in [1.29, 1.82) is 0 Å². The number of carbonyl (C=O) groups is 2. The molecule has 6 nitrogen and oxygen atoms in total. The van der Waals surface area contributed by atoms with Gasteiger partial charge in [-0.15, -0.1) is 0 Å². The summed E-state index contributed by atoms with van der Waals surface area (Å²) in [5.41, 5.74) is 2.37. The average molecular weight is 344 g/mol. The summed E-state index contributed by atoms with van der Waals surface area (Å²) >= 11 is 0. The van der Waals surface area contributed by atoms with Gasteiger partial charge in [0.25, 0.3) is 0 Å². The number of nitrogens with zero attached hydrogens (tertiary/aromatic N) is 2. The van der Waals surface area contributed by atoms with Crippen LogP contribution in [0.15, 0.2) is 30.3 Å². The van der Waals surface area contributed by atoms with Crippen LogP contribution in [0.2, 0.25) is 0 Å². The first-order valence-electron chi connectivity index (χ1n) is 8.22. The Morgan fingerprint density at radius 3 is 2.32 bits per heavy atom. The maximum Gasteiger partial charge on any atom is 0.308 e. The summed E-state index contributed by atoms with van der Waals surface area (Å²) in [6.45, 7) is 7.33. The highest BCUT2D eigenvalue weighted by Crippen LogP contribution is 2.17. The number of aromatic nitrogens is 2. The normalized spacial score (nSPS) is 13.2. The molecule has 0 unspecified atom stereocenters. The van der Waals surface area contributed by atoms with Gasteiger partial charge in [0.05, 0.1) is 25.3 Å². The Balaban J connectivity index is 1.94. The number of ether oxygens (including phenoxy) is 2. The fraction of sp³-hybridized carbons (Fsp3) is 0.421. The third-order valence-corrected chi connectivity index (χ3v) is 3.98. The second-order valence-electron chi connectivity index (χ2n) is 6.15. The fourth-order valence-electron chi connectivity index (χ4n) is 2.71. The molecule has 0 aliphatic heterocycles. The maximum atomic E-state index is 12.4. The molecule has 0 radical (unpaired) electrons. The van der Waals surface area contributed by atoms with Gasteiger partial charge in [-0.3, -0.25) is 14.3 Å². The van der Waals surface area contributed by atoms with Crippen LogP contribution in [0.5, 0.6) is 5.75 Å². The topological polar surface area (TPSA) is 70.4 Å². The molecule has 6 heteroatoms. The highest BCUT2D eigenvalue weighted by Gasteiger charge is 2.22. The molecule has 0 amide bonds. The molecule has 0 bridgehead atoms. The van der Waals surface area contributed by atoms with Crippen molar-refractivity contribution in [3.8, 4) is 5.75 Å². The van der Waals surface area contributed by atoms with Crippen molar-refractivity contribution >= 4 is 11.8 Å². The number of hydrogen-bond acceptors (Lipinski definition) is 5. The molecular formula is C19H24N2O4. The number of esters is 1. The summed E-state index contributed by atoms with van der Waals surface area (Å²) < 4.78 is 12.2. The second-order valence-corrected chi connectivity index (χ2v) is 6.15. The van der Waals surface area contributed by atoms with E-state index in [-0.39, 0.29) is 18.2 Å². The minimum Gasteiger partial charge on any atom is -0.497 e. The lowest BCUT2D eigenvalue weighted by atomic mass is 10.1. The van der Waals surface area contributed by atoms with Crippen molar-refractivity contribution < 1.29 is 19.1 Å². The Bertz CT molecular complexity index is 749. The smallest absolute Gasteiger partial charge is 0.308 e. The summed E-state index contributed by atoms with van der Waals surface area (Å²) in [4.78, 5) is 24.5. The van der Waals surface area contributed by atoms with Gasteiger partial charge >= 0.3 is 5.97 Å². The van der Waals surface area contributed by atoms with Crippen molar-refractivity contribution in [3.05, 3.63) is 47.3 Å². The molecular weight excluding hydrogens is 320 g/mol. The monoisotopic (exact) mass is 344 g/mol. The fourth-order valence-corrected chi connectivity index (χ4v) is 2.71. The van der Waals surface area contributed by atoms with Gasteiger partial charge in [0.2, 0.25) is 5.78 Å². The highest BCUT2D eigenvalue weighted by atomic mass is 16.5. The zero-order chi connectivity index (χ0) is 18.6. The van der Waals surface area contributed by atoms with Gasteiger partial charge in [0, 0.05) is 11.3 Å². The number of ketones is 1. The molecule has 1 aromatic carbocycles. The van der Waals surface area contributed by atoms with E-state index >= 15 is 0 Å². The van der Waals surface area contributed by atoms with Crippen LogP contribution < -0.4 is 4.74 Å². The summed E-state index contributed by atoms with van der Waals surface area (Å²) in [6, 6.07) is 8.54. The van der Waals surface area contributed by atoms with Crippen molar-refractivity contribution in [2.45, 2.75) is 46.3 Å². The van der Waals surface area contributed by atoms with Crippen molar-refractivity contribution in [1.82, 2.24) is 9.78 Å². The van der Waals surface area contributed by atoms with Gasteiger partial charge in [-0.05, 0) is 58.0 Å². The lowest BCUT2D eigenvalue weighted by molar-refractivity contribution is -0.147. The number of Topliss-reactive ketones (excluding diaryl/α,β-unsaturated/α-hetero) is 1. The summed E-state index contributed by atoms with van der Waals surface area (Å²) in [5, 5.41) is 4.37. The quantitative estimate of drug-likeness (QED) is 0.569. The molecule has 1 aromatic heterocycles. The van der Waals surface area contributed by atoms with E-state index in [1.54, 1.807) is 43.0 Å². The van der Waals surface area contributed by atoms with E-state index in [9.17, 15) is 9.59 Å². The van der Waals surface area contributed by atoms with Gasteiger partial charge in [0.1, 0.15) is 5.75 Å². The van der Waals surface area contributed by atoms with Gasteiger partial charge in [-0.1, -0.05) is 0 Å². The Hall–Kier alpha value is -2.63. The third kappa shape index (κ3) is 4.68. The first kappa shape index (κ1) is 18.7. The van der Waals surface area contributed by atoms with E-state index < -0.39 is 12.1 Å². The third-order valence-electron chi connectivity index (χ3n) is 3.98. The molecule has 2 atom stereocenters. The van der Waals surface area contributed by atoms with E-state index in [1.807, 2.05) is 26.8 Å². The molecule has 0 fully saturated rings. The predicted molar refractivity (Wildman–Crippen MR) is 93.9 cm³/mol. The van der Waals surface area contributed by atoms with Gasteiger partial charge < -0.3 is 9.47 Å². The predicted octanol–water partition coefficient (Wildman–Crippen LogP) is 3.27. The lowest BCUT2D eigenvalue weighted by Crippen LogP contribution is -2.26. The van der Waals surface area contributed by atoms with Crippen LogP contribution in [0.1, 0.15) is 48.1 Å². The second kappa shape index (κ2) is 7.96. The van der Waals surface area contributed by atoms with Gasteiger partial charge in [-0.2, -0.15) is 5.10 Å². The molecule has 134 valence electrons. The minimum atomic E-state index is -0.839. The number of rotatable bonds is 7. The first-order valence-corrected chi connectivity index (χ1v) is 8.22.